The van der Waals surface area contributed by atoms with Gasteiger partial charge in [0.25, 0.3) is 0 Å². The van der Waals surface area contributed by atoms with Gasteiger partial charge in [-0.15, -0.1) is 5.10 Å². The van der Waals surface area contributed by atoms with Crippen LogP contribution in [0.25, 0.3) is 16.6 Å². The Balaban J connectivity index is 1.71. The van der Waals surface area contributed by atoms with E-state index in [4.69, 9.17) is 0 Å². The number of rotatable bonds is 2. The number of hydrogen-bond donors (Lipinski definition) is 1. The van der Waals surface area contributed by atoms with Gasteiger partial charge in [-0.1, -0.05) is 0 Å². The van der Waals surface area contributed by atoms with Crippen LogP contribution < -0.4 is 4.90 Å². The number of hydrogen-bond acceptors (Lipinski definition) is 6. The third kappa shape index (κ3) is 2.59. The average Bonchev–Trinajstić information content (AvgIpc) is 2.98. The zero-order chi connectivity index (χ0) is 15.8. The second-order valence-corrected chi connectivity index (χ2v) is 5.86. The summed E-state index contributed by atoms with van der Waals surface area (Å²) < 4.78 is 1.78. The fraction of sp³-hybridized carbons (Fsp3) is 0.312. The SMILES string of the molecule is CN1CCN(c2cc(-n3ncc4ccc(O)cc43)cnn2)CC1. The smallest absolute Gasteiger partial charge is 0.153 e. The number of anilines is 1. The van der Waals surface area contributed by atoms with E-state index >= 15 is 0 Å². The summed E-state index contributed by atoms with van der Waals surface area (Å²) in [6, 6.07) is 7.21. The molecule has 23 heavy (non-hydrogen) atoms. The number of piperazine rings is 1. The van der Waals surface area contributed by atoms with E-state index in [9.17, 15) is 5.11 Å². The molecule has 3 heterocycles. The maximum absolute atomic E-state index is 9.72. The molecular formula is C16H18N6O. The highest BCUT2D eigenvalue weighted by Gasteiger charge is 2.16. The molecule has 0 radical (unpaired) electrons. The second kappa shape index (κ2) is 5.51. The Morgan fingerprint density at radius 2 is 1.87 bits per heavy atom. The molecule has 1 saturated heterocycles. The molecule has 7 heteroatoms. The van der Waals surface area contributed by atoms with Crippen LogP contribution in [0.15, 0.2) is 36.7 Å². The molecule has 2 aromatic heterocycles. The summed E-state index contributed by atoms with van der Waals surface area (Å²) in [7, 11) is 2.13. The summed E-state index contributed by atoms with van der Waals surface area (Å²) in [5.74, 6) is 1.08. The molecule has 1 N–H and O–H groups in total. The van der Waals surface area contributed by atoms with Gasteiger partial charge in [0.05, 0.1) is 23.6 Å². The first-order valence-electron chi connectivity index (χ1n) is 7.64. The van der Waals surface area contributed by atoms with Gasteiger partial charge in [-0.3, -0.25) is 0 Å². The minimum atomic E-state index is 0.223. The monoisotopic (exact) mass is 310 g/mol. The standard InChI is InChI=1S/C16H18N6O/c1-20-4-6-21(7-5-20)16-8-13(11-17-19-16)22-15-9-14(23)3-2-12(15)10-18-22/h2-3,8-11,23H,4-7H2,1H3. The molecule has 0 unspecified atom stereocenters. The van der Waals surface area contributed by atoms with Crippen molar-refractivity contribution in [3.8, 4) is 11.4 Å². The Morgan fingerprint density at radius 1 is 1.04 bits per heavy atom. The third-order valence-corrected chi connectivity index (χ3v) is 4.25. The highest BCUT2D eigenvalue weighted by molar-refractivity contribution is 5.81. The molecule has 0 spiro atoms. The predicted octanol–water partition coefficient (Wildman–Crippen LogP) is 1.27. The molecule has 0 amide bonds. The summed E-state index contributed by atoms with van der Waals surface area (Å²) >= 11 is 0. The number of aromatic nitrogens is 4. The van der Waals surface area contributed by atoms with Crippen molar-refractivity contribution >= 4 is 16.7 Å². The Morgan fingerprint density at radius 3 is 2.70 bits per heavy atom. The molecule has 7 nitrogen and oxygen atoms in total. The first-order chi connectivity index (χ1) is 11.2. The first-order valence-corrected chi connectivity index (χ1v) is 7.64. The largest absolute Gasteiger partial charge is 0.508 e. The number of likely N-dealkylation sites (N-methyl/N-ethyl adjacent to an activating group) is 1. The number of phenols is 1. The van der Waals surface area contributed by atoms with Gasteiger partial charge in [-0.05, 0) is 19.2 Å². The van der Waals surface area contributed by atoms with Gasteiger partial charge < -0.3 is 14.9 Å². The fourth-order valence-corrected chi connectivity index (χ4v) is 2.86. The van der Waals surface area contributed by atoms with Gasteiger partial charge in [-0.2, -0.15) is 10.2 Å². The number of phenolic OH excluding ortho intramolecular Hbond substituents is 1. The summed E-state index contributed by atoms with van der Waals surface area (Å²) in [6.07, 6.45) is 3.47. The molecular weight excluding hydrogens is 292 g/mol. The molecule has 0 aliphatic carbocycles. The van der Waals surface area contributed by atoms with Crippen molar-refractivity contribution in [1.82, 2.24) is 24.9 Å². The van der Waals surface area contributed by atoms with Crippen molar-refractivity contribution in [3.05, 3.63) is 36.7 Å². The average molecular weight is 310 g/mol. The van der Waals surface area contributed by atoms with Crippen LogP contribution >= 0.6 is 0 Å². The van der Waals surface area contributed by atoms with E-state index < -0.39 is 0 Å². The van der Waals surface area contributed by atoms with Crippen LogP contribution in [0.1, 0.15) is 0 Å². The van der Waals surface area contributed by atoms with Crippen molar-refractivity contribution in [2.45, 2.75) is 0 Å². The van der Waals surface area contributed by atoms with Gasteiger partial charge in [0, 0.05) is 43.7 Å². The van der Waals surface area contributed by atoms with E-state index in [1.807, 2.05) is 12.1 Å². The molecule has 1 aliphatic heterocycles. The van der Waals surface area contributed by atoms with Gasteiger partial charge in [0.15, 0.2) is 5.82 Å². The molecule has 118 valence electrons. The molecule has 1 aromatic carbocycles. The minimum Gasteiger partial charge on any atom is -0.508 e. The fourth-order valence-electron chi connectivity index (χ4n) is 2.86. The Labute approximate surface area is 133 Å². The number of aromatic hydroxyl groups is 1. The van der Waals surface area contributed by atoms with Gasteiger partial charge in [0.1, 0.15) is 5.75 Å². The Hall–Kier alpha value is -2.67. The summed E-state index contributed by atoms with van der Waals surface area (Å²) in [5.41, 5.74) is 1.69. The number of nitrogens with zero attached hydrogens (tertiary/aromatic N) is 6. The van der Waals surface area contributed by atoms with Crippen LogP contribution in [0.3, 0.4) is 0 Å². The lowest BCUT2D eigenvalue weighted by atomic mass is 10.2. The summed E-state index contributed by atoms with van der Waals surface area (Å²) in [5, 5.41) is 23.5. The van der Waals surface area contributed by atoms with E-state index in [1.165, 1.54) is 0 Å². The highest BCUT2D eigenvalue weighted by atomic mass is 16.3. The van der Waals surface area contributed by atoms with Crippen LogP contribution in [0.2, 0.25) is 0 Å². The van der Waals surface area contributed by atoms with Gasteiger partial charge in [-0.25, -0.2) is 4.68 Å². The van der Waals surface area contributed by atoms with Crippen molar-refractivity contribution in [1.29, 1.82) is 0 Å². The summed E-state index contributed by atoms with van der Waals surface area (Å²) in [4.78, 5) is 4.54. The molecule has 1 aliphatic rings. The lowest BCUT2D eigenvalue weighted by molar-refractivity contribution is 0.312. The van der Waals surface area contributed by atoms with E-state index in [1.54, 1.807) is 29.2 Å². The molecule has 0 atom stereocenters. The van der Waals surface area contributed by atoms with Crippen LogP contribution in [-0.4, -0.2) is 63.2 Å². The number of fused-ring (bicyclic) bond motifs is 1. The first kappa shape index (κ1) is 14.0. The predicted molar refractivity (Wildman–Crippen MR) is 88.0 cm³/mol. The second-order valence-electron chi connectivity index (χ2n) is 5.86. The molecule has 0 saturated carbocycles. The maximum Gasteiger partial charge on any atom is 0.153 e. The lowest BCUT2D eigenvalue weighted by Crippen LogP contribution is -2.44. The van der Waals surface area contributed by atoms with Gasteiger partial charge >= 0.3 is 0 Å². The zero-order valence-electron chi connectivity index (χ0n) is 12.9. The molecule has 0 bridgehead atoms. The topological polar surface area (TPSA) is 70.3 Å². The van der Waals surface area contributed by atoms with Crippen LogP contribution in [-0.2, 0) is 0 Å². The third-order valence-electron chi connectivity index (χ3n) is 4.25. The normalized spacial score (nSPS) is 16.1. The highest BCUT2D eigenvalue weighted by Crippen LogP contribution is 2.23. The quantitative estimate of drug-likeness (QED) is 0.769. The van der Waals surface area contributed by atoms with E-state index in [2.05, 4.69) is 32.1 Å². The van der Waals surface area contributed by atoms with E-state index in [-0.39, 0.29) is 5.75 Å². The molecule has 4 rings (SSSR count). The van der Waals surface area contributed by atoms with Crippen molar-refractivity contribution in [2.75, 3.05) is 38.1 Å². The van der Waals surface area contributed by atoms with Crippen molar-refractivity contribution in [3.63, 3.8) is 0 Å². The van der Waals surface area contributed by atoms with Crippen LogP contribution in [0.5, 0.6) is 5.75 Å². The van der Waals surface area contributed by atoms with Crippen LogP contribution in [0.4, 0.5) is 5.82 Å². The number of benzene rings is 1. The Bertz CT molecular complexity index is 837. The lowest BCUT2D eigenvalue weighted by Gasteiger charge is -2.32. The van der Waals surface area contributed by atoms with Crippen LogP contribution in [0, 0.1) is 0 Å². The maximum atomic E-state index is 9.72. The van der Waals surface area contributed by atoms with Gasteiger partial charge in [0.2, 0.25) is 0 Å². The van der Waals surface area contributed by atoms with E-state index in [0.717, 1.165) is 48.6 Å². The zero-order valence-corrected chi connectivity index (χ0v) is 12.9. The Kier molecular flexibility index (Phi) is 3.34. The van der Waals surface area contributed by atoms with E-state index in [0.29, 0.717) is 0 Å². The molecule has 3 aromatic rings. The minimum absolute atomic E-state index is 0.223. The molecule has 1 fully saturated rings. The van der Waals surface area contributed by atoms with Crippen molar-refractivity contribution < 1.29 is 5.11 Å². The van der Waals surface area contributed by atoms with Crippen molar-refractivity contribution in [2.24, 2.45) is 0 Å². The summed E-state index contributed by atoms with van der Waals surface area (Å²) in [6.45, 7) is 3.92.